The van der Waals surface area contributed by atoms with Crippen LogP contribution in [0.4, 0.5) is 0 Å². The summed E-state index contributed by atoms with van der Waals surface area (Å²) in [6.45, 7) is 6.55. The molecule has 0 fully saturated rings. The topological polar surface area (TPSA) is 115 Å². The van der Waals surface area contributed by atoms with Crippen molar-refractivity contribution < 1.29 is 28.0 Å². The molecule has 0 spiro atoms. The highest BCUT2D eigenvalue weighted by molar-refractivity contribution is 7.91. The third-order valence-corrected chi connectivity index (χ3v) is 8.30. The molecule has 2 aromatic rings. The van der Waals surface area contributed by atoms with Crippen LogP contribution in [0.15, 0.2) is 34.1 Å². The summed E-state index contributed by atoms with van der Waals surface area (Å²) in [5, 5.41) is 0.641. The Bertz CT molecular complexity index is 853. The quantitative estimate of drug-likeness (QED) is 0.578. The Labute approximate surface area is 149 Å². The van der Waals surface area contributed by atoms with Gasteiger partial charge in [-0.3, -0.25) is 0 Å². The van der Waals surface area contributed by atoms with E-state index in [4.69, 9.17) is 0 Å². The first kappa shape index (κ1) is 20.4. The van der Waals surface area contributed by atoms with Gasteiger partial charge in [0.1, 0.15) is 0 Å². The summed E-state index contributed by atoms with van der Waals surface area (Å²) >= 11 is 0. The van der Waals surface area contributed by atoms with Gasteiger partial charge in [-0.15, -0.1) is 0 Å². The molecule has 25 heavy (non-hydrogen) atoms. The molecular weight excluding hydrogens is 382 g/mol. The van der Waals surface area contributed by atoms with E-state index in [1.54, 1.807) is 27.7 Å². The standard InChI is InChI=1S/C16H20O6P2S/c1-9-11(3)15(7-5-13(9)23(17)18)25(21,22)16-8-6-14(24(19)20)10(2)12(16)4/h5-8,17-20H,1-4H3. The molecule has 0 bridgehead atoms. The second kappa shape index (κ2) is 7.37. The first-order valence-corrected chi connectivity index (χ1v) is 11.3. The van der Waals surface area contributed by atoms with Crippen LogP contribution in [0.1, 0.15) is 22.3 Å². The van der Waals surface area contributed by atoms with Gasteiger partial charge in [0.25, 0.3) is 0 Å². The van der Waals surface area contributed by atoms with Crippen LogP contribution >= 0.6 is 16.8 Å². The molecular formula is C16H20O6P2S. The third kappa shape index (κ3) is 3.64. The van der Waals surface area contributed by atoms with Crippen molar-refractivity contribution in [1.29, 1.82) is 0 Å². The second-order valence-corrected chi connectivity index (χ2v) is 9.76. The number of sulfone groups is 1. The first-order chi connectivity index (χ1) is 11.5. The Morgan fingerprint density at radius 1 is 0.640 bits per heavy atom. The van der Waals surface area contributed by atoms with Crippen LogP contribution in [0.2, 0.25) is 0 Å². The highest BCUT2D eigenvalue weighted by atomic mass is 32.2. The van der Waals surface area contributed by atoms with Crippen LogP contribution in [0.25, 0.3) is 0 Å². The molecule has 0 radical (unpaired) electrons. The highest BCUT2D eigenvalue weighted by Crippen LogP contribution is 2.34. The summed E-state index contributed by atoms with van der Waals surface area (Å²) < 4.78 is 26.2. The molecule has 0 aliphatic rings. The highest BCUT2D eigenvalue weighted by Gasteiger charge is 2.26. The molecule has 0 heterocycles. The van der Waals surface area contributed by atoms with Crippen molar-refractivity contribution in [2.75, 3.05) is 0 Å². The second-order valence-electron chi connectivity index (χ2n) is 5.75. The minimum Gasteiger partial charge on any atom is -0.347 e. The maximum atomic E-state index is 13.1. The maximum absolute atomic E-state index is 13.1. The van der Waals surface area contributed by atoms with Crippen LogP contribution in [-0.4, -0.2) is 28.0 Å². The predicted molar refractivity (Wildman–Crippen MR) is 99.3 cm³/mol. The van der Waals surface area contributed by atoms with E-state index in [2.05, 4.69) is 0 Å². The molecule has 0 amide bonds. The van der Waals surface area contributed by atoms with Gasteiger partial charge in [0.2, 0.25) is 9.84 Å². The van der Waals surface area contributed by atoms with Gasteiger partial charge < -0.3 is 19.6 Å². The molecule has 0 aliphatic carbocycles. The van der Waals surface area contributed by atoms with Gasteiger partial charge in [-0.1, -0.05) is 0 Å². The lowest BCUT2D eigenvalue weighted by atomic mass is 10.1. The molecule has 2 aromatic carbocycles. The molecule has 0 atom stereocenters. The smallest absolute Gasteiger partial charge is 0.207 e. The summed E-state index contributed by atoms with van der Waals surface area (Å²) in [7, 11) is -8.46. The van der Waals surface area contributed by atoms with E-state index in [0.717, 1.165) is 0 Å². The molecule has 0 saturated heterocycles. The van der Waals surface area contributed by atoms with Crippen LogP contribution < -0.4 is 10.6 Å². The van der Waals surface area contributed by atoms with Crippen LogP contribution in [-0.2, 0) is 9.84 Å². The number of rotatable bonds is 4. The van der Waals surface area contributed by atoms with Crippen molar-refractivity contribution >= 4 is 37.2 Å². The van der Waals surface area contributed by atoms with E-state index in [1.807, 2.05) is 0 Å². The Kier molecular flexibility index (Phi) is 6.02. The van der Waals surface area contributed by atoms with Crippen LogP contribution in [0.5, 0.6) is 0 Å². The van der Waals surface area contributed by atoms with E-state index in [9.17, 15) is 28.0 Å². The molecule has 0 aromatic heterocycles. The summed E-state index contributed by atoms with van der Waals surface area (Å²) in [6, 6.07) is 5.58. The lowest BCUT2D eigenvalue weighted by molar-refractivity contribution is 0.495. The Hall–Kier alpha value is -0.910. The van der Waals surface area contributed by atoms with Crippen molar-refractivity contribution in [2.45, 2.75) is 37.5 Å². The summed E-state index contributed by atoms with van der Waals surface area (Å²) in [5.74, 6) is 0. The normalized spacial score (nSPS) is 12.2. The van der Waals surface area contributed by atoms with E-state index < -0.39 is 26.6 Å². The van der Waals surface area contributed by atoms with Crippen molar-refractivity contribution in [3.8, 4) is 0 Å². The Morgan fingerprint density at radius 3 is 1.24 bits per heavy atom. The van der Waals surface area contributed by atoms with Crippen molar-refractivity contribution in [2.24, 2.45) is 0 Å². The van der Waals surface area contributed by atoms with Crippen molar-refractivity contribution in [3.63, 3.8) is 0 Å². The minimum absolute atomic E-state index is 0.0936. The molecule has 2 rings (SSSR count). The van der Waals surface area contributed by atoms with Crippen molar-refractivity contribution in [1.82, 2.24) is 0 Å². The van der Waals surface area contributed by atoms with Crippen LogP contribution in [0.3, 0.4) is 0 Å². The van der Waals surface area contributed by atoms with Gasteiger partial charge in [0, 0.05) is 10.6 Å². The fraction of sp³-hybridized carbons (Fsp3) is 0.250. The maximum Gasteiger partial charge on any atom is 0.207 e. The van der Waals surface area contributed by atoms with Gasteiger partial charge in [-0.25, -0.2) is 8.42 Å². The lowest BCUT2D eigenvalue weighted by Gasteiger charge is -2.17. The Balaban J connectivity index is 2.69. The van der Waals surface area contributed by atoms with E-state index in [-0.39, 0.29) is 9.79 Å². The van der Waals surface area contributed by atoms with E-state index >= 15 is 0 Å². The summed E-state index contributed by atoms with van der Waals surface area (Å²) in [6.07, 6.45) is 0. The van der Waals surface area contributed by atoms with Crippen LogP contribution in [0, 0.1) is 27.7 Å². The Morgan fingerprint density at radius 2 is 0.960 bits per heavy atom. The monoisotopic (exact) mass is 402 g/mol. The largest absolute Gasteiger partial charge is 0.347 e. The SMILES string of the molecule is Cc1c(P(O)O)ccc(S(=O)(=O)c2ccc(P(O)O)c(C)c2C)c1C. The number of hydrogen-bond donors (Lipinski definition) is 4. The van der Waals surface area contributed by atoms with Gasteiger partial charge >= 0.3 is 0 Å². The minimum atomic E-state index is -3.84. The zero-order valence-electron chi connectivity index (χ0n) is 14.2. The molecule has 0 unspecified atom stereocenters. The van der Waals surface area contributed by atoms with Gasteiger partial charge in [-0.2, -0.15) is 0 Å². The first-order valence-electron chi connectivity index (χ1n) is 7.31. The predicted octanol–water partition coefficient (Wildman–Crippen LogP) is 1.60. The third-order valence-electron chi connectivity index (χ3n) is 4.43. The van der Waals surface area contributed by atoms with Gasteiger partial charge in [-0.05, 0) is 74.2 Å². The average molecular weight is 402 g/mol. The van der Waals surface area contributed by atoms with E-state index in [1.165, 1.54) is 24.3 Å². The fourth-order valence-corrected chi connectivity index (χ4v) is 5.89. The molecule has 9 heteroatoms. The zero-order chi connectivity index (χ0) is 19.1. The molecule has 0 aliphatic heterocycles. The fourth-order valence-electron chi connectivity index (χ4n) is 2.70. The summed E-state index contributed by atoms with van der Waals surface area (Å²) in [5.41, 5.74) is 1.97. The molecule has 6 nitrogen and oxygen atoms in total. The lowest BCUT2D eigenvalue weighted by Crippen LogP contribution is -2.15. The number of hydrogen-bond acceptors (Lipinski definition) is 6. The van der Waals surface area contributed by atoms with E-state index in [0.29, 0.717) is 32.9 Å². The summed E-state index contributed by atoms with van der Waals surface area (Å²) in [4.78, 5) is 37.9. The molecule has 4 N–H and O–H groups in total. The van der Waals surface area contributed by atoms with Crippen molar-refractivity contribution in [3.05, 3.63) is 46.5 Å². The van der Waals surface area contributed by atoms with Gasteiger partial charge in [0.05, 0.1) is 9.79 Å². The number of benzene rings is 2. The zero-order valence-corrected chi connectivity index (χ0v) is 16.8. The molecule has 136 valence electrons. The van der Waals surface area contributed by atoms with Gasteiger partial charge in [0.15, 0.2) is 16.8 Å². The molecule has 0 saturated carbocycles. The average Bonchev–Trinajstić information content (AvgIpc) is 2.51.